The van der Waals surface area contributed by atoms with Gasteiger partial charge < -0.3 is 16.4 Å². The highest BCUT2D eigenvalue weighted by Crippen LogP contribution is 2.21. The zero-order valence-electron chi connectivity index (χ0n) is 10.1. The maximum absolute atomic E-state index is 11.7. The second kappa shape index (κ2) is 5.55. The molecule has 2 aromatic rings. The fourth-order valence-electron chi connectivity index (χ4n) is 1.64. The van der Waals surface area contributed by atoms with Gasteiger partial charge in [0.05, 0.1) is 5.56 Å². The van der Waals surface area contributed by atoms with Crippen molar-refractivity contribution in [2.75, 3.05) is 18.1 Å². The first kappa shape index (κ1) is 12.4. The number of carbonyl (C=O) groups excluding carboxylic acids is 1. The van der Waals surface area contributed by atoms with Crippen LogP contribution >= 0.6 is 11.3 Å². The van der Waals surface area contributed by atoms with E-state index < -0.39 is 0 Å². The van der Waals surface area contributed by atoms with E-state index in [0.29, 0.717) is 17.8 Å². The minimum atomic E-state index is -0.122. The molecule has 0 saturated carbocycles. The highest BCUT2D eigenvalue weighted by Gasteiger charge is 2.10. The highest BCUT2D eigenvalue weighted by molar-refractivity contribution is 7.09. The molecular formula is C13H15N3OS. The predicted molar refractivity (Wildman–Crippen MR) is 75.9 cm³/mol. The molecule has 0 aliphatic heterocycles. The molecule has 1 aromatic carbocycles. The lowest BCUT2D eigenvalue weighted by Gasteiger charge is -2.11. The van der Waals surface area contributed by atoms with Gasteiger partial charge in [-0.05, 0) is 29.6 Å². The molecule has 1 aromatic heterocycles. The van der Waals surface area contributed by atoms with Gasteiger partial charge in [0.25, 0.3) is 5.91 Å². The molecule has 0 bridgehead atoms. The van der Waals surface area contributed by atoms with E-state index in [1.807, 2.05) is 17.5 Å². The van der Waals surface area contributed by atoms with Crippen molar-refractivity contribution >= 4 is 28.6 Å². The second-order valence-electron chi connectivity index (χ2n) is 3.82. The van der Waals surface area contributed by atoms with Gasteiger partial charge in [0.2, 0.25) is 0 Å². The van der Waals surface area contributed by atoms with Crippen LogP contribution in [0.1, 0.15) is 15.2 Å². The monoisotopic (exact) mass is 261 g/mol. The fourth-order valence-corrected chi connectivity index (χ4v) is 2.28. The number of nitrogens with two attached hydrogens (primary N) is 1. The second-order valence-corrected chi connectivity index (χ2v) is 4.85. The number of nitrogen functional groups attached to an aromatic ring is 1. The molecule has 0 spiro atoms. The summed E-state index contributed by atoms with van der Waals surface area (Å²) in [7, 11) is 1.61. The third-order valence-electron chi connectivity index (χ3n) is 2.55. The zero-order chi connectivity index (χ0) is 13.0. The van der Waals surface area contributed by atoms with Crippen molar-refractivity contribution in [1.29, 1.82) is 0 Å². The Hall–Kier alpha value is -2.01. The Morgan fingerprint density at radius 3 is 2.89 bits per heavy atom. The average molecular weight is 261 g/mol. The Balaban J connectivity index is 2.19. The Labute approximate surface area is 110 Å². The van der Waals surface area contributed by atoms with Crippen LogP contribution in [0.2, 0.25) is 0 Å². The van der Waals surface area contributed by atoms with Crippen LogP contribution in [0.3, 0.4) is 0 Å². The minimum Gasteiger partial charge on any atom is -0.399 e. The van der Waals surface area contributed by atoms with Gasteiger partial charge in [0.15, 0.2) is 0 Å². The summed E-state index contributed by atoms with van der Waals surface area (Å²) in [6.45, 7) is 0.686. The summed E-state index contributed by atoms with van der Waals surface area (Å²) in [6.07, 6.45) is 0. The third-order valence-corrected chi connectivity index (χ3v) is 3.42. The van der Waals surface area contributed by atoms with Crippen molar-refractivity contribution in [2.45, 2.75) is 6.54 Å². The number of thiophene rings is 1. The first-order valence-corrected chi connectivity index (χ1v) is 6.46. The van der Waals surface area contributed by atoms with Crippen molar-refractivity contribution < 1.29 is 4.79 Å². The minimum absolute atomic E-state index is 0.122. The Morgan fingerprint density at radius 2 is 2.22 bits per heavy atom. The lowest BCUT2D eigenvalue weighted by Crippen LogP contribution is -2.19. The SMILES string of the molecule is CNC(=O)c1ccc(N)cc1NCc1cccs1. The van der Waals surface area contributed by atoms with E-state index in [9.17, 15) is 4.79 Å². The number of benzene rings is 1. The molecule has 1 heterocycles. The molecule has 0 atom stereocenters. The van der Waals surface area contributed by atoms with Crippen LogP contribution in [-0.2, 0) is 6.54 Å². The predicted octanol–water partition coefficient (Wildman–Crippen LogP) is 2.30. The molecule has 1 amide bonds. The van der Waals surface area contributed by atoms with Crippen LogP contribution in [0.5, 0.6) is 0 Å². The van der Waals surface area contributed by atoms with Crippen LogP contribution in [0.25, 0.3) is 0 Å². The van der Waals surface area contributed by atoms with Crippen molar-refractivity contribution in [1.82, 2.24) is 5.32 Å². The molecule has 0 saturated heterocycles. The van der Waals surface area contributed by atoms with Gasteiger partial charge in [-0.3, -0.25) is 4.79 Å². The number of rotatable bonds is 4. The molecule has 4 nitrogen and oxygen atoms in total. The lowest BCUT2D eigenvalue weighted by molar-refractivity contribution is 0.0964. The van der Waals surface area contributed by atoms with Crippen molar-refractivity contribution in [2.24, 2.45) is 0 Å². The van der Waals surface area contributed by atoms with Gasteiger partial charge in [-0.1, -0.05) is 6.07 Å². The molecule has 0 unspecified atom stereocenters. The van der Waals surface area contributed by atoms with E-state index in [2.05, 4.69) is 10.6 Å². The highest BCUT2D eigenvalue weighted by atomic mass is 32.1. The summed E-state index contributed by atoms with van der Waals surface area (Å²) in [5.41, 5.74) is 7.74. The molecule has 0 radical (unpaired) electrons. The van der Waals surface area contributed by atoms with Gasteiger partial charge >= 0.3 is 0 Å². The number of amides is 1. The summed E-state index contributed by atoms with van der Waals surface area (Å²) in [5, 5.41) is 7.88. The van der Waals surface area contributed by atoms with Crippen LogP contribution in [0, 0.1) is 0 Å². The van der Waals surface area contributed by atoms with E-state index in [-0.39, 0.29) is 5.91 Å². The first-order valence-electron chi connectivity index (χ1n) is 5.58. The van der Waals surface area contributed by atoms with Crippen LogP contribution < -0.4 is 16.4 Å². The number of hydrogen-bond acceptors (Lipinski definition) is 4. The van der Waals surface area contributed by atoms with Crippen molar-refractivity contribution in [3.8, 4) is 0 Å². The molecule has 2 rings (SSSR count). The van der Waals surface area contributed by atoms with E-state index >= 15 is 0 Å². The summed E-state index contributed by atoms with van der Waals surface area (Å²) in [4.78, 5) is 12.9. The summed E-state index contributed by atoms with van der Waals surface area (Å²) < 4.78 is 0. The summed E-state index contributed by atoms with van der Waals surface area (Å²) >= 11 is 1.67. The molecule has 4 N–H and O–H groups in total. The molecule has 0 aliphatic carbocycles. The fraction of sp³-hybridized carbons (Fsp3) is 0.154. The quantitative estimate of drug-likeness (QED) is 0.740. The van der Waals surface area contributed by atoms with Gasteiger partial charge in [0.1, 0.15) is 0 Å². The van der Waals surface area contributed by atoms with Crippen molar-refractivity contribution in [3.05, 3.63) is 46.2 Å². The van der Waals surface area contributed by atoms with Gasteiger partial charge in [-0.25, -0.2) is 0 Å². The molecule has 5 heteroatoms. The van der Waals surface area contributed by atoms with Crippen LogP contribution in [0.15, 0.2) is 35.7 Å². The zero-order valence-corrected chi connectivity index (χ0v) is 10.9. The maximum Gasteiger partial charge on any atom is 0.253 e. The molecule has 94 valence electrons. The number of anilines is 2. The maximum atomic E-state index is 11.7. The Kier molecular flexibility index (Phi) is 3.84. The third kappa shape index (κ3) is 2.81. The number of nitrogens with one attached hydrogen (secondary N) is 2. The van der Waals surface area contributed by atoms with Gasteiger partial charge in [-0.15, -0.1) is 11.3 Å². The number of hydrogen-bond donors (Lipinski definition) is 3. The van der Waals surface area contributed by atoms with Crippen LogP contribution in [0.4, 0.5) is 11.4 Å². The number of carbonyl (C=O) groups is 1. The van der Waals surface area contributed by atoms with E-state index in [4.69, 9.17) is 5.73 Å². The molecule has 0 aliphatic rings. The molecular weight excluding hydrogens is 246 g/mol. The van der Waals surface area contributed by atoms with E-state index in [1.165, 1.54) is 4.88 Å². The van der Waals surface area contributed by atoms with Gasteiger partial charge in [-0.2, -0.15) is 0 Å². The first-order chi connectivity index (χ1) is 8.70. The largest absolute Gasteiger partial charge is 0.399 e. The van der Waals surface area contributed by atoms with E-state index in [1.54, 1.807) is 36.6 Å². The molecule has 0 fully saturated rings. The lowest BCUT2D eigenvalue weighted by atomic mass is 10.1. The smallest absolute Gasteiger partial charge is 0.253 e. The van der Waals surface area contributed by atoms with Gasteiger partial charge in [0, 0.05) is 29.8 Å². The molecule has 18 heavy (non-hydrogen) atoms. The Bertz CT molecular complexity index is 537. The van der Waals surface area contributed by atoms with Crippen LogP contribution in [-0.4, -0.2) is 13.0 Å². The van der Waals surface area contributed by atoms with E-state index in [0.717, 1.165) is 5.69 Å². The normalized spacial score (nSPS) is 10.1. The Morgan fingerprint density at radius 1 is 1.39 bits per heavy atom. The average Bonchev–Trinajstić information content (AvgIpc) is 2.88. The standard InChI is InChI=1S/C13H15N3OS/c1-15-13(17)11-5-4-9(14)7-12(11)16-8-10-3-2-6-18-10/h2-7,16H,8,14H2,1H3,(H,15,17). The topological polar surface area (TPSA) is 67.2 Å². The summed E-state index contributed by atoms with van der Waals surface area (Å²) in [5.74, 6) is -0.122. The summed E-state index contributed by atoms with van der Waals surface area (Å²) in [6, 6.07) is 9.27. The van der Waals surface area contributed by atoms with Crippen molar-refractivity contribution in [3.63, 3.8) is 0 Å².